The number of nitrogens with one attached hydrogen (secondary N) is 1. The number of thiazole rings is 1. The second-order valence-corrected chi connectivity index (χ2v) is 8.26. The van der Waals surface area contributed by atoms with Gasteiger partial charge in [0.05, 0.1) is 23.3 Å². The topological polar surface area (TPSA) is 79.3 Å². The van der Waals surface area contributed by atoms with Gasteiger partial charge in [-0.05, 0) is 29.5 Å². The third kappa shape index (κ3) is 3.68. The zero-order valence-electron chi connectivity index (χ0n) is 15.2. The van der Waals surface area contributed by atoms with Crippen molar-refractivity contribution >= 4 is 23.2 Å². The monoisotopic (exact) mass is 392 g/mol. The van der Waals surface area contributed by atoms with Gasteiger partial charge in [-0.15, -0.1) is 11.3 Å². The minimum absolute atomic E-state index is 0.180. The van der Waals surface area contributed by atoms with Crippen LogP contribution in [0, 0.1) is 5.41 Å². The van der Waals surface area contributed by atoms with Crippen LogP contribution in [0.3, 0.4) is 0 Å². The van der Waals surface area contributed by atoms with Gasteiger partial charge in [0.1, 0.15) is 5.01 Å². The van der Waals surface area contributed by atoms with Gasteiger partial charge in [-0.2, -0.15) is 0 Å². The molecule has 0 spiro atoms. The van der Waals surface area contributed by atoms with Gasteiger partial charge >= 0.3 is 5.97 Å². The maximum atomic E-state index is 13.0. The summed E-state index contributed by atoms with van der Waals surface area (Å²) < 4.78 is 0. The molecule has 1 amide bonds. The predicted molar refractivity (Wildman–Crippen MR) is 108 cm³/mol. The Kier molecular flexibility index (Phi) is 4.96. The van der Waals surface area contributed by atoms with Crippen molar-refractivity contribution in [1.29, 1.82) is 0 Å². The molecule has 1 aliphatic rings. The molecule has 0 saturated heterocycles. The number of benzene rings is 2. The van der Waals surface area contributed by atoms with E-state index in [-0.39, 0.29) is 12.3 Å². The number of hydrogen-bond donors (Lipinski definition) is 2. The van der Waals surface area contributed by atoms with Crippen LogP contribution < -0.4 is 5.32 Å². The fourth-order valence-electron chi connectivity index (χ4n) is 3.82. The first-order chi connectivity index (χ1) is 13.6. The number of fused-ring (bicyclic) bond motifs is 1. The van der Waals surface area contributed by atoms with Crippen LogP contribution in [0.2, 0.25) is 0 Å². The van der Waals surface area contributed by atoms with Crippen LogP contribution in [0.4, 0.5) is 0 Å². The molecule has 0 radical (unpaired) electrons. The molecule has 142 valence electrons. The maximum Gasteiger partial charge on any atom is 0.304 e. The van der Waals surface area contributed by atoms with Crippen molar-refractivity contribution in [1.82, 2.24) is 10.3 Å². The first-order valence-corrected chi connectivity index (χ1v) is 9.94. The Hall–Kier alpha value is -2.99. The average molecular weight is 392 g/mol. The number of carboxylic acid groups (broad SMARTS) is 1. The van der Waals surface area contributed by atoms with Crippen LogP contribution >= 0.6 is 11.3 Å². The van der Waals surface area contributed by atoms with Gasteiger partial charge in [-0.3, -0.25) is 9.59 Å². The number of hydrogen-bond acceptors (Lipinski definition) is 4. The Labute approximate surface area is 167 Å². The minimum Gasteiger partial charge on any atom is -0.481 e. The smallest absolute Gasteiger partial charge is 0.304 e. The van der Waals surface area contributed by atoms with Crippen molar-refractivity contribution in [3.63, 3.8) is 0 Å². The Morgan fingerprint density at radius 2 is 1.68 bits per heavy atom. The lowest BCUT2D eigenvalue weighted by molar-refractivity contribution is -0.145. The van der Waals surface area contributed by atoms with E-state index in [4.69, 9.17) is 0 Å². The lowest BCUT2D eigenvalue weighted by Crippen LogP contribution is -2.43. The van der Waals surface area contributed by atoms with Crippen molar-refractivity contribution in [2.75, 3.05) is 0 Å². The quantitative estimate of drug-likeness (QED) is 0.671. The van der Waals surface area contributed by atoms with Crippen LogP contribution in [0.15, 0.2) is 60.8 Å². The van der Waals surface area contributed by atoms with E-state index in [1.165, 1.54) is 11.3 Å². The highest BCUT2D eigenvalue weighted by molar-refractivity contribution is 7.15. The largest absolute Gasteiger partial charge is 0.481 e. The molecule has 1 aliphatic carbocycles. The van der Waals surface area contributed by atoms with Crippen LogP contribution in [-0.2, 0) is 29.0 Å². The van der Waals surface area contributed by atoms with Crippen molar-refractivity contribution in [2.45, 2.75) is 25.8 Å². The van der Waals surface area contributed by atoms with E-state index in [2.05, 4.69) is 10.3 Å². The zero-order chi connectivity index (χ0) is 19.6. The van der Waals surface area contributed by atoms with E-state index in [1.807, 2.05) is 54.6 Å². The predicted octanol–water partition coefficient (Wildman–Crippen LogP) is 3.69. The van der Waals surface area contributed by atoms with Gasteiger partial charge < -0.3 is 10.4 Å². The van der Waals surface area contributed by atoms with E-state index < -0.39 is 11.4 Å². The number of carbonyl (C=O) groups excluding carboxylic acids is 1. The van der Waals surface area contributed by atoms with E-state index in [1.54, 1.807) is 6.20 Å². The van der Waals surface area contributed by atoms with Gasteiger partial charge in [0.15, 0.2) is 0 Å². The number of carboxylic acids is 1. The highest BCUT2D eigenvalue weighted by Gasteiger charge is 2.45. The summed E-state index contributed by atoms with van der Waals surface area (Å²) in [7, 11) is 0. The molecule has 0 atom stereocenters. The molecule has 0 unspecified atom stereocenters. The third-order valence-corrected chi connectivity index (χ3v) is 6.21. The summed E-state index contributed by atoms with van der Waals surface area (Å²) in [6.45, 7) is 0.300. The molecular formula is C22H20N2O3S. The first-order valence-electron chi connectivity index (χ1n) is 9.13. The van der Waals surface area contributed by atoms with Gasteiger partial charge in [0.2, 0.25) is 5.91 Å². The summed E-state index contributed by atoms with van der Waals surface area (Å²) in [5, 5.41) is 13.1. The summed E-state index contributed by atoms with van der Waals surface area (Å²) in [5.41, 5.74) is 2.26. The van der Waals surface area contributed by atoms with E-state index in [0.29, 0.717) is 19.4 Å². The molecule has 2 aromatic carbocycles. The molecule has 1 heterocycles. The average Bonchev–Trinajstić information content (AvgIpc) is 3.31. The molecular weight excluding hydrogens is 372 g/mol. The maximum absolute atomic E-state index is 13.0. The van der Waals surface area contributed by atoms with Crippen molar-refractivity contribution in [3.05, 3.63) is 76.9 Å². The normalized spacial score (nSPS) is 14.4. The third-order valence-electron chi connectivity index (χ3n) is 5.16. The molecule has 1 aromatic heterocycles. The number of amides is 1. The number of rotatable bonds is 6. The minimum atomic E-state index is -0.955. The molecule has 0 aliphatic heterocycles. The second-order valence-electron chi connectivity index (χ2n) is 7.14. The Morgan fingerprint density at radius 1 is 1.04 bits per heavy atom. The van der Waals surface area contributed by atoms with Crippen LogP contribution in [-0.4, -0.2) is 22.0 Å². The Morgan fingerprint density at radius 3 is 2.32 bits per heavy atom. The number of aromatic nitrogens is 1. The van der Waals surface area contributed by atoms with Crippen molar-refractivity contribution in [2.24, 2.45) is 5.41 Å². The first kappa shape index (κ1) is 18.4. The fourth-order valence-corrected chi connectivity index (χ4v) is 4.68. The lowest BCUT2D eigenvalue weighted by Gasteiger charge is -2.25. The lowest BCUT2D eigenvalue weighted by atomic mass is 9.80. The SMILES string of the molecule is O=C(O)CC1(C(=O)NCc2ncc(-c3ccccc3)s2)Cc2ccccc2C1. The molecule has 5 nitrogen and oxygen atoms in total. The fraction of sp³-hybridized carbons (Fsp3) is 0.227. The van der Waals surface area contributed by atoms with Crippen LogP contribution in [0.5, 0.6) is 0 Å². The van der Waals surface area contributed by atoms with Gasteiger partial charge in [0.25, 0.3) is 0 Å². The van der Waals surface area contributed by atoms with E-state index >= 15 is 0 Å². The summed E-state index contributed by atoms with van der Waals surface area (Å²) in [4.78, 5) is 29.9. The van der Waals surface area contributed by atoms with Crippen molar-refractivity contribution in [3.8, 4) is 10.4 Å². The van der Waals surface area contributed by atoms with Gasteiger partial charge in [-0.1, -0.05) is 54.6 Å². The van der Waals surface area contributed by atoms with E-state index in [9.17, 15) is 14.7 Å². The Bertz CT molecular complexity index is 988. The second kappa shape index (κ2) is 7.56. The van der Waals surface area contributed by atoms with E-state index in [0.717, 1.165) is 26.6 Å². The molecule has 0 bridgehead atoms. The number of carbonyl (C=O) groups is 2. The molecule has 6 heteroatoms. The van der Waals surface area contributed by atoms with Crippen LogP contribution in [0.25, 0.3) is 10.4 Å². The summed E-state index contributed by atoms with van der Waals surface area (Å²) in [5.74, 6) is -1.17. The molecule has 3 aromatic rings. The Balaban J connectivity index is 1.47. The molecule has 2 N–H and O–H groups in total. The molecule has 4 rings (SSSR count). The molecule has 28 heavy (non-hydrogen) atoms. The summed E-state index contributed by atoms with van der Waals surface area (Å²) in [6, 6.07) is 17.8. The molecule has 0 fully saturated rings. The standard InChI is InChI=1S/C22H20N2O3S/c25-20(26)12-22(10-16-8-4-5-9-17(16)11-22)21(27)24-14-19-23-13-18(28-19)15-6-2-1-3-7-15/h1-9,13H,10-12,14H2,(H,24,27)(H,25,26). The summed E-state index contributed by atoms with van der Waals surface area (Å²) >= 11 is 1.53. The zero-order valence-corrected chi connectivity index (χ0v) is 16.0. The highest BCUT2D eigenvalue weighted by Crippen LogP contribution is 2.40. The highest BCUT2D eigenvalue weighted by atomic mass is 32.1. The summed E-state index contributed by atoms with van der Waals surface area (Å²) in [6.07, 6.45) is 2.53. The number of nitrogens with zero attached hydrogens (tertiary/aromatic N) is 1. The van der Waals surface area contributed by atoms with Crippen LogP contribution in [0.1, 0.15) is 22.6 Å². The van der Waals surface area contributed by atoms with Gasteiger partial charge in [0, 0.05) is 6.20 Å². The number of aliphatic carboxylic acids is 1. The van der Waals surface area contributed by atoms with Gasteiger partial charge in [-0.25, -0.2) is 4.98 Å². The van der Waals surface area contributed by atoms with Crippen molar-refractivity contribution < 1.29 is 14.7 Å². The molecule has 0 saturated carbocycles.